The highest BCUT2D eigenvalue weighted by Gasteiger charge is 2.31. The van der Waals surface area contributed by atoms with Crippen molar-refractivity contribution in [2.45, 2.75) is 32.3 Å². The molecule has 0 saturated carbocycles. The molecule has 2 aromatic carbocycles. The minimum absolute atomic E-state index is 0.0183. The molecule has 0 radical (unpaired) electrons. The van der Waals surface area contributed by atoms with Crippen LogP contribution in [0.15, 0.2) is 54.9 Å². The summed E-state index contributed by atoms with van der Waals surface area (Å²) in [5.41, 5.74) is 2.83. The zero-order valence-corrected chi connectivity index (χ0v) is 16.2. The minimum atomic E-state index is -0.0867. The number of fused-ring (bicyclic) bond motifs is 1. The van der Waals surface area contributed by atoms with Crippen LogP contribution in [0, 0.1) is 0 Å². The van der Waals surface area contributed by atoms with Gasteiger partial charge >= 0.3 is 0 Å². The molecule has 0 fully saturated rings. The van der Waals surface area contributed by atoms with E-state index >= 15 is 0 Å². The molecular formula is C22H23N3O3. The van der Waals surface area contributed by atoms with Crippen LogP contribution in [0.1, 0.15) is 37.4 Å². The molecule has 1 aliphatic heterocycles. The molecule has 0 saturated heterocycles. The molecule has 0 unspecified atom stereocenters. The van der Waals surface area contributed by atoms with Gasteiger partial charge in [0.1, 0.15) is 23.6 Å². The smallest absolute Gasteiger partial charge is 0.226 e. The predicted molar refractivity (Wildman–Crippen MR) is 107 cm³/mol. The van der Waals surface area contributed by atoms with Crippen LogP contribution in [-0.2, 0) is 4.79 Å². The van der Waals surface area contributed by atoms with Crippen LogP contribution in [0.2, 0.25) is 0 Å². The molecule has 0 spiro atoms. The average Bonchev–Trinajstić information content (AvgIpc) is 3.11. The number of ether oxygens (including phenoxy) is 2. The molecule has 1 amide bonds. The van der Waals surface area contributed by atoms with Crippen molar-refractivity contribution < 1.29 is 14.3 Å². The van der Waals surface area contributed by atoms with Crippen LogP contribution in [0.25, 0.3) is 5.69 Å². The van der Waals surface area contributed by atoms with Gasteiger partial charge in [0.05, 0.1) is 18.9 Å². The minimum Gasteiger partial charge on any atom is -0.497 e. The summed E-state index contributed by atoms with van der Waals surface area (Å²) >= 11 is 0. The van der Waals surface area contributed by atoms with E-state index in [9.17, 15) is 4.79 Å². The maximum Gasteiger partial charge on any atom is 0.226 e. The van der Waals surface area contributed by atoms with E-state index in [0.717, 1.165) is 28.4 Å². The summed E-state index contributed by atoms with van der Waals surface area (Å²) in [5.74, 6) is 2.21. The number of rotatable bonds is 5. The topological polar surface area (TPSA) is 65.4 Å². The van der Waals surface area contributed by atoms with Crippen LogP contribution in [0.4, 0.5) is 5.82 Å². The van der Waals surface area contributed by atoms with Crippen molar-refractivity contribution in [3.63, 3.8) is 0 Å². The number of aromatic nitrogens is 2. The van der Waals surface area contributed by atoms with E-state index in [0.29, 0.717) is 12.2 Å². The van der Waals surface area contributed by atoms with Crippen LogP contribution in [0.3, 0.4) is 0 Å². The Bertz CT molecular complexity index is 975. The number of imidazole rings is 1. The first-order valence-corrected chi connectivity index (χ1v) is 9.33. The molecule has 6 heteroatoms. The molecule has 3 aromatic rings. The molecule has 0 aliphatic carbocycles. The summed E-state index contributed by atoms with van der Waals surface area (Å²) < 4.78 is 12.8. The number of hydrogen-bond acceptors (Lipinski definition) is 4. The van der Waals surface area contributed by atoms with Crippen molar-refractivity contribution in [3.05, 3.63) is 66.1 Å². The third-order valence-corrected chi connectivity index (χ3v) is 4.78. The Morgan fingerprint density at radius 1 is 1.07 bits per heavy atom. The Kier molecular flexibility index (Phi) is 4.77. The molecule has 144 valence electrons. The maximum absolute atomic E-state index is 12.4. The van der Waals surface area contributed by atoms with Gasteiger partial charge in [0, 0.05) is 18.0 Å². The zero-order valence-electron chi connectivity index (χ0n) is 16.2. The van der Waals surface area contributed by atoms with Gasteiger partial charge in [-0.1, -0.05) is 12.1 Å². The largest absolute Gasteiger partial charge is 0.497 e. The number of nitrogens with zero attached hydrogens (tertiary/aromatic N) is 2. The molecule has 1 atom stereocenters. The van der Waals surface area contributed by atoms with Gasteiger partial charge in [0.15, 0.2) is 0 Å². The van der Waals surface area contributed by atoms with E-state index in [-0.39, 0.29) is 17.9 Å². The molecule has 4 rings (SSSR count). The van der Waals surface area contributed by atoms with E-state index in [4.69, 9.17) is 9.47 Å². The lowest BCUT2D eigenvalue weighted by Crippen LogP contribution is -2.24. The quantitative estimate of drug-likeness (QED) is 0.726. The number of anilines is 1. The first-order chi connectivity index (χ1) is 13.5. The number of amides is 1. The summed E-state index contributed by atoms with van der Waals surface area (Å²) in [4.78, 5) is 17.0. The Morgan fingerprint density at radius 2 is 1.75 bits per heavy atom. The number of carbonyl (C=O) groups is 1. The van der Waals surface area contributed by atoms with Crippen LogP contribution in [0.5, 0.6) is 11.5 Å². The maximum atomic E-state index is 12.4. The molecule has 2 heterocycles. The SMILES string of the molecule is COc1ccc(-n2cnc3c2NC(=O)C[C@H]3c2ccc(OC(C)C)cc2)cc1. The summed E-state index contributed by atoms with van der Waals surface area (Å²) in [6, 6.07) is 15.6. The molecule has 28 heavy (non-hydrogen) atoms. The lowest BCUT2D eigenvalue weighted by Gasteiger charge is -2.23. The molecule has 0 bridgehead atoms. The van der Waals surface area contributed by atoms with Gasteiger partial charge < -0.3 is 14.8 Å². The summed E-state index contributed by atoms with van der Waals surface area (Å²) in [6.45, 7) is 3.99. The van der Waals surface area contributed by atoms with E-state index < -0.39 is 0 Å². The third-order valence-electron chi connectivity index (χ3n) is 4.78. The Morgan fingerprint density at radius 3 is 2.39 bits per heavy atom. The lowest BCUT2D eigenvalue weighted by atomic mass is 9.90. The second-order valence-corrected chi connectivity index (χ2v) is 7.09. The summed E-state index contributed by atoms with van der Waals surface area (Å²) in [6.07, 6.45) is 2.25. The van der Waals surface area contributed by atoms with Crippen LogP contribution >= 0.6 is 0 Å². The van der Waals surface area contributed by atoms with Gasteiger partial charge in [0.25, 0.3) is 0 Å². The van der Waals surface area contributed by atoms with Crippen molar-refractivity contribution >= 4 is 11.7 Å². The fourth-order valence-electron chi connectivity index (χ4n) is 3.47. The summed E-state index contributed by atoms with van der Waals surface area (Å²) in [7, 11) is 1.64. The standard InChI is InChI=1S/C22H23N3O3/c1-14(2)28-18-8-4-15(5-9-18)19-12-20(26)24-22-21(19)23-13-25(22)16-6-10-17(27-3)11-7-16/h4-11,13-14,19H,12H2,1-3H3,(H,24,26)/t19-/m0/s1. The van der Waals surface area contributed by atoms with Gasteiger partial charge in [-0.05, 0) is 55.8 Å². The first-order valence-electron chi connectivity index (χ1n) is 9.33. The Hall–Kier alpha value is -3.28. The van der Waals surface area contributed by atoms with Gasteiger partial charge in [0.2, 0.25) is 5.91 Å². The zero-order chi connectivity index (χ0) is 19.7. The average molecular weight is 377 g/mol. The van der Waals surface area contributed by atoms with E-state index in [1.807, 2.05) is 66.9 Å². The molecule has 1 aliphatic rings. The highest BCUT2D eigenvalue weighted by atomic mass is 16.5. The van der Waals surface area contributed by atoms with Gasteiger partial charge in [-0.15, -0.1) is 0 Å². The van der Waals surface area contributed by atoms with Crippen LogP contribution < -0.4 is 14.8 Å². The number of nitrogens with one attached hydrogen (secondary N) is 1. The summed E-state index contributed by atoms with van der Waals surface area (Å²) in [5, 5.41) is 2.98. The fraction of sp³-hybridized carbons (Fsp3) is 0.273. The molecule has 1 aromatic heterocycles. The van der Waals surface area contributed by atoms with Gasteiger partial charge in [-0.25, -0.2) is 4.98 Å². The van der Waals surface area contributed by atoms with E-state index in [1.165, 1.54) is 0 Å². The van der Waals surface area contributed by atoms with Crippen LogP contribution in [-0.4, -0.2) is 28.7 Å². The lowest BCUT2D eigenvalue weighted by molar-refractivity contribution is -0.116. The van der Waals surface area contributed by atoms with Crippen molar-refractivity contribution in [1.29, 1.82) is 0 Å². The Balaban J connectivity index is 1.68. The third kappa shape index (κ3) is 3.45. The number of methoxy groups -OCH3 is 1. The van der Waals surface area contributed by atoms with Crippen molar-refractivity contribution in [2.24, 2.45) is 0 Å². The number of benzene rings is 2. The monoisotopic (exact) mass is 377 g/mol. The van der Waals surface area contributed by atoms with Crippen molar-refractivity contribution in [2.75, 3.05) is 12.4 Å². The number of hydrogen-bond donors (Lipinski definition) is 1. The van der Waals surface area contributed by atoms with Crippen molar-refractivity contribution in [1.82, 2.24) is 9.55 Å². The first kappa shape index (κ1) is 18.1. The Labute approximate surface area is 164 Å². The second-order valence-electron chi connectivity index (χ2n) is 7.09. The van der Waals surface area contributed by atoms with E-state index in [2.05, 4.69) is 10.3 Å². The van der Waals surface area contributed by atoms with E-state index in [1.54, 1.807) is 13.4 Å². The number of carbonyl (C=O) groups excluding carboxylic acids is 1. The fourth-order valence-corrected chi connectivity index (χ4v) is 3.47. The molecule has 1 N–H and O–H groups in total. The highest BCUT2D eigenvalue weighted by Crippen LogP contribution is 2.37. The predicted octanol–water partition coefficient (Wildman–Crippen LogP) is 4.14. The van der Waals surface area contributed by atoms with Crippen molar-refractivity contribution in [3.8, 4) is 17.2 Å². The normalized spacial score (nSPS) is 15.9. The molecule has 6 nitrogen and oxygen atoms in total. The highest BCUT2D eigenvalue weighted by molar-refractivity contribution is 5.94. The second kappa shape index (κ2) is 7.38. The van der Waals surface area contributed by atoms with Gasteiger partial charge in [-0.3, -0.25) is 9.36 Å². The molecular weight excluding hydrogens is 354 g/mol. The van der Waals surface area contributed by atoms with Gasteiger partial charge in [-0.2, -0.15) is 0 Å².